The smallest absolute Gasteiger partial charge is 0.341 e. The van der Waals surface area contributed by atoms with Crippen LogP contribution in [0.1, 0.15) is 48.9 Å². The molecule has 0 amide bonds. The molecule has 0 unspecified atom stereocenters. The third-order valence-corrected chi connectivity index (χ3v) is 9.31. The number of rotatable bonds is 8. The van der Waals surface area contributed by atoms with E-state index in [1.165, 1.54) is 11.3 Å². The Morgan fingerprint density at radius 1 is 0.821 bits per heavy atom. The molecule has 0 fully saturated rings. The Bertz CT molecular complexity index is 1730. The van der Waals surface area contributed by atoms with Crippen LogP contribution in [-0.2, 0) is 4.74 Å². The first-order valence-electron chi connectivity index (χ1n) is 12.8. The molecule has 0 aliphatic heterocycles. The van der Waals surface area contributed by atoms with Crippen molar-refractivity contribution < 1.29 is 14.3 Å². The highest BCUT2D eigenvalue weighted by atomic mass is 32.2. The zero-order chi connectivity index (χ0) is 26.8. The van der Waals surface area contributed by atoms with Gasteiger partial charge in [0.1, 0.15) is 0 Å². The third-order valence-electron chi connectivity index (χ3n) is 6.61. The number of thioether (sulfide) groups is 1. The molecule has 6 heteroatoms. The summed E-state index contributed by atoms with van der Waals surface area (Å²) in [5.41, 5.74) is 4.94. The fourth-order valence-corrected chi connectivity index (χ4v) is 7.72. The molecule has 6 aromatic rings. The molecule has 192 valence electrons. The van der Waals surface area contributed by atoms with Crippen LogP contribution in [0.4, 0.5) is 0 Å². The lowest BCUT2D eigenvalue weighted by Crippen LogP contribution is -2.06. The van der Waals surface area contributed by atoms with Crippen LogP contribution in [0.3, 0.4) is 0 Å². The van der Waals surface area contributed by atoms with E-state index >= 15 is 0 Å². The number of hydrogen-bond acceptors (Lipinski definition) is 5. The van der Waals surface area contributed by atoms with Crippen LogP contribution < -0.4 is 0 Å². The molecule has 39 heavy (non-hydrogen) atoms. The van der Waals surface area contributed by atoms with Crippen LogP contribution in [0.5, 0.6) is 0 Å². The summed E-state index contributed by atoms with van der Waals surface area (Å²) in [6, 6.07) is 35.7. The molecule has 0 spiro atoms. The Balaban J connectivity index is 1.62. The van der Waals surface area contributed by atoms with Gasteiger partial charge in [-0.3, -0.25) is 4.79 Å². The zero-order valence-electron chi connectivity index (χ0n) is 21.2. The monoisotopic (exact) mass is 547 g/mol. The van der Waals surface area contributed by atoms with E-state index in [2.05, 4.69) is 24.3 Å². The molecule has 3 aromatic carbocycles. The minimum absolute atomic E-state index is 0.00534. The van der Waals surface area contributed by atoms with Gasteiger partial charge >= 0.3 is 5.97 Å². The molecule has 0 aliphatic rings. The number of nitrogens with zero attached hydrogens (tertiary/aromatic N) is 1. The summed E-state index contributed by atoms with van der Waals surface area (Å²) in [4.78, 5) is 27.9. The molecular formula is C33H25NO3S2. The highest BCUT2D eigenvalue weighted by Crippen LogP contribution is 2.49. The van der Waals surface area contributed by atoms with Gasteiger partial charge in [0.15, 0.2) is 0 Å². The van der Waals surface area contributed by atoms with Crippen LogP contribution in [0, 0.1) is 0 Å². The number of carbonyl (C=O) groups excluding carboxylic acids is 2. The lowest BCUT2D eigenvalue weighted by Gasteiger charge is -2.17. The number of carbonyl (C=O) groups is 2. The molecule has 0 N–H and O–H groups in total. The maximum Gasteiger partial charge on any atom is 0.341 e. The summed E-state index contributed by atoms with van der Waals surface area (Å²) in [5, 5.41) is 0.648. The van der Waals surface area contributed by atoms with Crippen LogP contribution in [0.2, 0.25) is 0 Å². The molecule has 0 saturated carbocycles. The number of fused-ring (bicyclic) bond motifs is 3. The molecule has 0 aliphatic carbocycles. The van der Waals surface area contributed by atoms with E-state index in [0.717, 1.165) is 26.4 Å². The minimum Gasteiger partial charge on any atom is -0.462 e. The summed E-state index contributed by atoms with van der Waals surface area (Å²) in [5.74, 6) is -0.523. The SMILES string of the molecule is CCOC(=O)c1c2c(C(=O)c3ccccc3)sc(SC(c3ccccc3)c3ccccc3)c2n2ccccc12. The van der Waals surface area contributed by atoms with E-state index in [9.17, 15) is 9.59 Å². The third kappa shape index (κ3) is 4.67. The molecule has 6 rings (SSSR count). The fraction of sp³-hybridized carbons (Fsp3) is 0.0909. The van der Waals surface area contributed by atoms with E-state index in [0.29, 0.717) is 21.4 Å². The largest absolute Gasteiger partial charge is 0.462 e. The van der Waals surface area contributed by atoms with E-state index in [4.69, 9.17) is 4.74 Å². The van der Waals surface area contributed by atoms with Crippen molar-refractivity contribution in [2.45, 2.75) is 16.4 Å². The number of esters is 1. The average molecular weight is 548 g/mol. The van der Waals surface area contributed by atoms with Crippen molar-refractivity contribution in [2.75, 3.05) is 6.61 Å². The zero-order valence-corrected chi connectivity index (χ0v) is 22.9. The molecule has 4 nitrogen and oxygen atoms in total. The van der Waals surface area contributed by atoms with Crippen LogP contribution >= 0.6 is 23.1 Å². The van der Waals surface area contributed by atoms with Crippen molar-refractivity contribution in [3.8, 4) is 0 Å². The Kier molecular flexibility index (Phi) is 7.05. The molecule has 3 heterocycles. The molecule has 0 saturated heterocycles. The standard InChI is InChI=1S/C33H25NO3S2/c1-2-37-32(36)26-25-20-12-13-21-34(25)28-27(26)31(29(35)22-14-6-3-7-15-22)39-33(28)38-30(23-16-8-4-9-17-23)24-18-10-5-11-19-24/h3-21,30H,2H2,1H3. The Labute approximate surface area is 234 Å². The van der Waals surface area contributed by atoms with Gasteiger partial charge in [0.05, 0.1) is 37.5 Å². The molecule has 0 bridgehead atoms. The van der Waals surface area contributed by atoms with Gasteiger partial charge in [-0.2, -0.15) is 0 Å². The second-order valence-corrected chi connectivity index (χ2v) is 11.4. The lowest BCUT2D eigenvalue weighted by atomic mass is 10.0. The highest BCUT2D eigenvalue weighted by Gasteiger charge is 2.31. The van der Waals surface area contributed by atoms with Gasteiger partial charge in [0.2, 0.25) is 5.78 Å². The number of benzene rings is 3. The maximum absolute atomic E-state index is 13.9. The van der Waals surface area contributed by atoms with Crippen LogP contribution in [-0.4, -0.2) is 22.8 Å². The van der Waals surface area contributed by atoms with E-state index in [1.54, 1.807) is 18.7 Å². The van der Waals surface area contributed by atoms with Crippen molar-refractivity contribution in [1.82, 2.24) is 4.40 Å². The first-order chi connectivity index (χ1) is 19.2. The summed E-state index contributed by atoms with van der Waals surface area (Å²) in [6.45, 7) is 2.05. The summed E-state index contributed by atoms with van der Waals surface area (Å²) in [6.07, 6.45) is 1.95. The highest BCUT2D eigenvalue weighted by molar-refractivity contribution is 8.01. The van der Waals surface area contributed by atoms with E-state index in [1.807, 2.05) is 95.5 Å². The Morgan fingerprint density at radius 3 is 2.03 bits per heavy atom. The van der Waals surface area contributed by atoms with Crippen molar-refractivity contribution in [3.63, 3.8) is 0 Å². The minimum atomic E-state index is -0.421. The van der Waals surface area contributed by atoms with Crippen molar-refractivity contribution in [3.05, 3.63) is 143 Å². The predicted molar refractivity (Wildman–Crippen MR) is 159 cm³/mol. The molecular weight excluding hydrogens is 523 g/mol. The van der Waals surface area contributed by atoms with Crippen molar-refractivity contribution >= 4 is 51.3 Å². The maximum atomic E-state index is 13.9. The van der Waals surface area contributed by atoms with E-state index in [-0.39, 0.29) is 17.6 Å². The average Bonchev–Trinajstić information content (AvgIpc) is 3.53. The molecule has 0 radical (unpaired) electrons. The second-order valence-electron chi connectivity index (χ2n) is 9.01. The summed E-state index contributed by atoms with van der Waals surface area (Å²) < 4.78 is 8.50. The number of pyridine rings is 1. The van der Waals surface area contributed by atoms with Gasteiger partial charge in [0.25, 0.3) is 0 Å². The predicted octanol–water partition coefficient (Wildman–Crippen LogP) is 8.44. The Hall–Kier alpha value is -4.13. The lowest BCUT2D eigenvalue weighted by molar-refractivity contribution is 0.0531. The number of aromatic nitrogens is 1. The number of ether oxygens (including phenoxy) is 1. The van der Waals surface area contributed by atoms with Gasteiger partial charge in [-0.05, 0) is 30.2 Å². The first kappa shape index (κ1) is 25.2. The summed E-state index contributed by atoms with van der Waals surface area (Å²) in [7, 11) is 0. The van der Waals surface area contributed by atoms with Crippen molar-refractivity contribution in [1.29, 1.82) is 0 Å². The van der Waals surface area contributed by atoms with Crippen molar-refractivity contribution in [2.24, 2.45) is 0 Å². The number of thiophene rings is 1. The van der Waals surface area contributed by atoms with Gasteiger partial charge in [-0.25, -0.2) is 4.79 Å². The normalized spacial score (nSPS) is 11.3. The Morgan fingerprint density at radius 2 is 1.41 bits per heavy atom. The number of ketones is 1. The van der Waals surface area contributed by atoms with Crippen LogP contribution in [0.15, 0.2) is 120 Å². The van der Waals surface area contributed by atoms with Gasteiger partial charge < -0.3 is 9.14 Å². The second kappa shape index (κ2) is 10.9. The van der Waals surface area contributed by atoms with Gasteiger partial charge in [-0.15, -0.1) is 23.1 Å². The number of hydrogen-bond donors (Lipinski definition) is 0. The molecule has 0 atom stereocenters. The fourth-order valence-electron chi connectivity index (χ4n) is 4.88. The van der Waals surface area contributed by atoms with Gasteiger partial charge in [-0.1, -0.05) is 97.1 Å². The summed E-state index contributed by atoms with van der Waals surface area (Å²) >= 11 is 3.15. The molecule has 3 aromatic heterocycles. The van der Waals surface area contributed by atoms with E-state index < -0.39 is 5.97 Å². The van der Waals surface area contributed by atoms with Gasteiger partial charge in [0, 0.05) is 17.1 Å². The topological polar surface area (TPSA) is 47.8 Å². The first-order valence-corrected chi connectivity index (χ1v) is 14.5. The van der Waals surface area contributed by atoms with Crippen LogP contribution in [0.25, 0.3) is 16.4 Å². The quantitative estimate of drug-likeness (QED) is 0.109.